The van der Waals surface area contributed by atoms with Crippen molar-refractivity contribution in [2.24, 2.45) is 17.1 Å². The lowest BCUT2D eigenvalue weighted by Crippen LogP contribution is -2.29. The summed E-state index contributed by atoms with van der Waals surface area (Å²) in [7, 11) is 1.46. The number of ether oxygens (including phenoxy) is 1. The summed E-state index contributed by atoms with van der Waals surface area (Å²) in [5.74, 6) is 2.48. The number of nitrogens with two attached hydrogens (primary N) is 1. The summed E-state index contributed by atoms with van der Waals surface area (Å²) < 4.78 is 4.72. The maximum atomic E-state index is 11.2. The van der Waals surface area contributed by atoms with Gasteiger partial charge in [-0.05, 0) is 29.9 Å². The largest absolute Gasteiger partial charge is 0.469 e. The molecule has 3 nitrogen and oxygen atoms in total. The average Bonchev–Trinajstić information content (AvgIpc) is 2.97. The molecular weight excluding hydrogens is 222 g/mol. The van der Waals surface area contributed by atoms with Crippen molar-refractivity contribution < 1.29 is 9.53 Å². The molecule has 0 heterocycles. The van der Waals surface area contributed by atoms with E-state index in [1.807, 2.05) is 11.8 Å². The fourth-order valence-corrected chi connectivity index (χ4v) is 3.13. The topological polar surface area (TPSA) is 52.3 Å². The Morgan fingerprint density at radius 1 is 1.50 bits per heavy atom. The van der Waals surface area contributed by atoms with E-state index >= 15 is 0 Å². The third-order valence-corrected chi connectivity index (χ3v) is 4.72. The minimum absolute atomic E-state index is 0.0775. The SMILES string of the molecule is COC(=O)CC1(CSCC(N)C(C)C)CC1. The molecule has 0 aromatic heterocycles. The number of methoxy groups -OCH3 is 1. The maximum absolute atomic E-state index is 11.2. The summed E-state index contributed by atoms with van der Waals surface area (Å²) in [6.45, 7) is 4.29. The number of rotatable bonds is 7. The number of esters is 1. The Labute approximate surface area is 102 Å². The normalized spacial score (nSPS) is 19.6. The van der Waals surface area contributed by atoms with E-state index in [4.69, 9.17) is 10.5 Å². The van der Waals surface area contributed by atoms with E-state index < -0.39 is 0 Å². The van der Waals surface area contributed by atoms with Crippen LogP contribution in [0.1, 0.15) is 33.1 Å². The number of carbonyl (C=O) groups excluding carboxylic acids is 1. The van der Waals surface area contributed by atoms with Crippen LogP contribution in [-0.2, 0) is 9.53 Å². The first-order chi connectivity index (χ1) is 7.49. The van der Waals surface area contributed by atoms with E-state index in [-0.39, 0.29) is 17.4 Å². The Hall–Kier alpha value is -0.220. The zero-order valence-electron chi connectivity index (χ0n) is 10.5. The van der Waals surface area contributed by atoms with Crippen LogP contribution in [0.2, 0.25) is 0 Å². The van der Waals surface area contributed by atoms with Gasteiger partial charge in [0.15, 0.2) is 0 Å². The van der Waals surface area contributed by atoms with Gasteiger partial charge in [0.05, 0.1) is 13.5 Å². The van der Waals surface area contributed by atoms with Gasteiger partial charge in [0.1, 0.15) is 0 Å². The van der Waals surface area contributed by atoms with Gasteiger partial charge in [-0.25, -0.2) is 0 Å². The number of thioether (sulfide) groups is 1. The number of carbonyl (C=O) groups is 1. The molecule has 2 N–H and O–H groups in total. The zero-order chi connectivity index (χ0) is 12.2. The van der Waals surface area contributed by atoms with E-state index in [0.717, 1.165) is 24.3 Å². The first kappa shape index (κ1) is 13.8. The van der Waals surface area contributed by atoms with Crippen molar-refractivity contribution in [3.05, 3.63) is 0 Å². The highest BCUT2D eigenvalue weighted by Gasteiger charge is 2.44. The molecule has 0 spiro atoms. The molecule has 0 aliphatic heterocycles. The summed E-state index contributed by atoms with van der Waals surface area (Å²) in [6, 6.07) is 0.263. The van der Waals surface area contributed by atoms with Crippen molar-refractivity contribution in [3.8, 4) is 0 Å². The Morgan fingerprint density at radius 3 is 2.56 bits per heavy atom. The fraction of sp³-hybridized carbons (Fsp3) is 0.917. The molecule has 0 bridgehead atoms. The molecule has 1 aliphatic rings. The summed E-state index contributed by atoms with van der Waals surface area (Å²) >= 11 is 1.88. The van der Waals surface area contributed by atoms with Gasteiger partial charge in [0.2, 0.25) is 0 Å². The Kier molecular flexibility index (Phi) is 5.12. The van der Waals surface area contributed by atoms with Gasteiger partial charge in [-0.3, -0.25) is 4.79 Å². The van der Waals surface area contributed by atoms with Crippen LogP contribution in [0.4, 0.5) is 0 Å². The second-order valence-electron chi connectivity index (χ2n) is 5.18. The summed E-state index contributed by atoms with van der Waals surface area (Å²) in [6.07, 6.45) is 2.89. The lowest BCUT2D eigenvalue weighted by atomic mass is 10.1. The van der Waals surface area contributed by atoms with E-state index in [2.05, 4.69) is 13.8 Å². The van der Waals surface area contributed by atoms with E-state index in [1.54, 1.807) is 0 Å². The number of hydrogen-bond donors (Lipinski definition) is 1. The number of hydrogen-bond acceptors (Lipinski definition) is 4. The van der Waals surface area contributed by atoms with Crippen LogP contribution in [0.25, 0.3) is 0 Å². The highest BCUT2D eigenvalue weighted by Crippen LogP contribution is 2.51. The molecule has 1 rings (SSSR count). The molecule has 1 fully saturated rings. The molecule has 0 amide bonds. The second kappa shape index (κ2) is 5.92. The van der Waals surface area contributed by atoms with Gasteiger partial charge in [-0.1, -0.05) is 13.8 Å². The van der Waals surface area contributed by atoms with Crippen LogP contribution in [-0.4, -0.2) is 30.6 Å². The zero-order valence-corrected chi connectivity index (χ0v) is 11.3. The molecule has 0 aromatic rings. The van der Waals surface area contributed by atoms with Crippen molar-refractivity contribution in [2.45, 2.75) is 39.2 Å². The van der Waals surface area contributed by atoms with Crippen molar-refractivity contribution in [3.63, 3.8) is 0 Å². The molecular formula is C12H23NO2S. The van der Waals surface area contributed by atoms with E-state index in [1.165, 1.54) is 7.11 Å². The van der Waals surface area contributed by atoms with Crippen LogP contribution < -0.4 is 5.73 Å². The van der Waals surface area contributed by atoms with Gasteiger partial charge in [-0.2, -0.15) is 11.8 Å². The van der Waals surface area contributed by atoms with Crippen LogP contribution in [0.15, 0.2) is 0 Å². The molecule has 0 aromatic carbocycles. The van der Waals surface area contributed by atoms with E-state index in [0.29, 0.717) is 12.3 Å². The lowest BCUT2D eigenvalue weighted by Gasteiger charge is -2.17. The van der Waals surface area contributed by atoms with Crippen molar-refractivity contribution in [1.82, 2.24) is 0 Å². The monoisotopic (exact) mass is 245 g/mol. The van der Waals surface area contributed by atoms with Crippen molar-refractivity contribution >= 4 is 17.7 Å². The molecule has 0 saturated heterocycles. The van der Waals surface area contributed by atoms with Gasteiger partial charge in [0.25, 0.3) is 0 Å². The predicted molar refractivity (Wildman–Crippen MR) is 68.4 cm³/mol. The summed E-state index contributed by atoms with van der Waals surface area (Å²) in [5, 5.41) is 0. The molecule has 4 heteroatoms. The molecule has 1 saturated carbocycles. The molecule has 1 unspecified atom stereocenters. The second-order valence-corrected chi connectivity index (χ2v) is 6.21. The fourth-order valence-electron chi connectivity index (χ4n) is 1.53. The standard InChI is InChI=1S/C12H23NO2S/c1-9(2)10(13)7-16-8-12(4-5-12)6-11(14)15-3/h9-10H,4-8,13H2,1-3H3. The van der Waals surface area contributed by atoms with Crippen molar-refractivity contribution in [2.75, 3.05) is 18.6 Å². The van der Waals surface area contributed by atoms with Crippen LogP contribution in [0.5, 0.6) is 0 Å². The van der Waals surface area contributed by atoms with Gasteiger partial charge in [-0.15, -0.1) is 0 Å². The highest BCUT2D eigenvalue weighted by molar-refractivity contribution is 7.99. The lowest BCUT2D eigenvalue weighted by molar-refractivity contribution is -0.141. The third kappa shape index (κ3) is 4.34. The molecule has 1 atom stereocenters. The van der Waals surface area contributed by atoms with Crippen LogP contribution in [0, 0.1) is 11.3 Å². The Bertz CT molecular complexity index is 239. The quantitative estimate of drug-likeness (QED) is 0.697. The average molecular weight is 245 g/mol. The van der Waals surface area contributed by atoms with Gasteiger partial charge >= 0.3 is 5.97 Å². The third-order valence-electron chi connectivity index (χ3n) is 3.28. The Morgan fingerprint density at radius 2 is 2.12 bits per heavy atom. The minimum atomic E-state index is -0.0775. The first-order valence-electron chi connectivity index (χ1n) is 5.89. The van der Waals surface area contributed by atoms with Crippen LogP contribution >= 0.6 is 11.8 Å². The molecule has 0 radical (unpaired) electrons. The van der Waals surface area contributed by atoms with Gasteiger partial charge in [0, 0.05) is 11.8 Å². The predicted octanol–water partition coefficient (Wildman–Crippen LogP) is 2.05. The minimum Gasteiger partial charge on any atom is -0.469 e. The molecule has 16 heavy (non-hydrogen) atoms. The first-order valence-corrected chi connectivity index (χ1v) is 7.05. The van der Waals surface area contributed by atoms with Gasteiger partial charge < -0.3 is 10.5 Å². The maximum Gasteiger partial charge on any atom is 0.306 e. The summed E-state index contributed by atoms with van der Waals surface area (Å²) in [5.41, 5.74) is 6.21. The van der Waals surface area contributed by atoms with Crippen LogP contribution in [0.3, 0.4) is 0 Å². The van der Waals surface area contributed by atoms with Crippen molar-refractivity contribution in [1.29, 1.82) is 0 Å². The van der Waals surface area contributed by atoms with E-state index in [9.17, 15) is 4.79 Å². The highest BCUT2D eigenvalue weighted by atomic mass is 32.2. The molecule has 94 valence electrons. The molecule has 1 aliphatic carbocycles. The Balaban J connectivity index is 2.19. The summed E-state index contributed by atoms with van der Waals surface area (Å²) in [4.78, 5) is 11.2. The smallest absolute Gasteiger partial charge is 0.306 e.